The molecular weight excluding hydrogens is 460 g/mol. The number of nitrogens with zero attached hydrogens (tertiary/aromatic N) is 6. The highest BCUT2D eigenvalue weighted by Crippen LogP contribution is 2.21. The van der Waals surface area contributed by atoms with Gasteiger partial charge in [-0.3, -0.25) is 4.79 Å². The molecule has 11 heteroatoms. The normalized spacial score (nSPS) is 11.6. The number of amides is 1. The zero-order valence-electron chi connectivity index (χ0n) is 19.5. The fraction of sp³-hybridized carbons (Fsp3) is 0.120. The molecule has 2 heterocycles. The highest BCUT2D eigenvalue weighted by atomic mass is 16.6. The van der Waals surface area contributed by atoms with Crippen LogP contribution in [0.15, 0.2) is 76.5 Å². The van der Waals surface area contributed by atoms with Crippen molar-refractivity contribution >= 4 is 28.2 Å². The number of hydrogen-bond donors (Lipinski definition) is 2. The van der Waals surface area contributed by atoms with Crippen molar-refractivity contribution in [1.29, 1.82) is 0 Å². The second-order valence-electron chi connectivity index (χ2n) is 8.00. The monoisotopic (exact) mass is 482 g/mol. The molecule has 11 nitrogen and oxygen atoms in total. The van der Waals surface area contributed by atoms with Crippen LogP contribution in [0.3, 0.4) is 0 Å². The third kappa shape index (κ3) is 4.49. The van der Waals surface area contributed by atoms with Crippen molar-refractivity contribution in [1.82, 2.24) is 30.7 Å². The number of hydrazone groups is 1. The maximum absolute atomic E-state index is 12.8. The van der Waals surface area contributed by atoms with Crippen LogP contribution in [0.2, 0.25) is 0 Å². The van der Waals surface area contributed by atoms with E-state index in [4.69, 9.17) is 10.5 Å². The first-order valence-corrected chi connectivity index (χ1v) is 11.1. The summed E-state index contributed by atoms with van der Waals surface area (Å²) in [7, 11) is 0. The number of anilines is 1. The van der Waals surface area contributed by atoms with Gasteiger partial charge in [-0.1, -0.05) is 47.7 Å². The van der Waals surface area contributed by atoms with E-state index < -0.39 is 5.91 Å². The number of carbonyl (C=O) groups is 1. The minimum absolute atomic E-state index is 0.0172. The first-order valence-electron chi connectivity index (χ1n) is 11.1. The summed E-state index contributed by atoms with van der Waals surface area (Å²) in [5, 5.41) is 21.5. The average molecular weight is 483 g/mol. The molecule has 0 saturated heterocycles. The summed E-state index contributed by atoms with van der Waals surface area (Å²) in [6, 6.07) is 21.9. The van der Waals surface area contributed by atoms with Crippen LogP contribution in [0.1, 0.15) is 34.2 Å². The molecule has 0 unspecified atom stereocenters. The van der Waals surface area contributed by atoms with Gasteiger partial charge in [-0.05, 0) is 70.3 Å². The quantitative estimate of drug-likeness (QED) is 0.265. The lowest BCUT2D eigenvalue weighted by molar-refractivity contribution is 0.0946. The van der Waals surface area contributed by atoms with Crippen molar-refractivity contribution in [2.45, 2.75) is 20.5 Å². The number of aryl methyl sites for hydroxylation is 1. The Balaban J connectivity index is 1.25. The van der Waals surface area contributed by atoms with Crippen molar-refractivity contribution < 1.29 is 14.2 Å². The largest absolute Gasteiger partial charge is 0.489 e. The second kappa shape index (κ2) is 9.66. The Kier molecular flexibility index (Phi) is 6.10. The predicted molar refractivity (Wildman–Crippen MR) is 133 cm³/mol. The molecule has 5 aromatic rings. The maximum atomic E-state index is 12.8. The van der Waals surface area contributed by atoms with Crippen LogP contribution in [-0.4, -0.2) is 36.9 Å². The molecule has 3 N–H and O–H groups in total. The van der Waals surface area contributed by atoms with Gasteiger partial charge in [0.2, 0.25) is 11.6 Å². The molecule has 0 aliphatic rings. The number of carbonyl (C=O) groups excluding carboxylic acids is 1. The molecule has 0 bridgehead atoms. The van der Waals surface area contributed by atoms with Gasteiger partial charge >= 0.3 is 0 Å². The molecule has 0 aliphatic heterocycles. The number of nitrogens with one attached hydrogen (secondary N) is 1. The van der Waals surface area contributed by atoms with Crippen LogP contribution in [0.4, 0.5) is 5.82 Å². The van der Waals surface area contributed by atoms with E-state index in [-0.39, 0.29) is 17.3 Å². The van der Waals surface area contributed by atoms with Crippen molar-refractivity contribution in [3.8, 4) is 11.6 Å². The number of aromatic nitrogens is 5. The van der Waals surface area contributed by atoms with Gasteiger partial charge in [0.05, 0.1) is 11.4 Å². The molecule has 0 saturated carbocycles. The number of fused-ring (bicyclic) bond motifs is 1. The molecule has 36 heavy (non-hydrogen) atoms. The van der Waals surface area contributed by atoms with E-state index in [1.807, 2.05) is 42.5 Å². The van der Waals surface area contributed by atoms with Gasteiger partial charge < -0.3 is 10.5 Å². The van der Waals surface area contributed by atoms with Gasteiger partial charge in [-0.15, -0.1) is 5.10 Å². The van der Waals surface area contributed by atoms with Crippen molar-refractivity contribution in [3.05, 3.63) is 89.2 Å². The van der Waals surface area contributed by atoms with E-state index in [1.54, 1.807) is 13.8 Å². The fourth-order valence-corrected chi connectivity index (χ4v) is 3.73. The summed E-state index contributed by atoms with van der Waals surface area (Å²) >= 11 is 0. The second-order valence-corrected chi connectivity index (χ2v) is 8.00. The topological polar surface area (TPSA) is 146 Å². The molecular formula is C25H22N8O3. The number of hydrogen-bond acceptors (Lipinski definition) is 9. The smallest absolute Gasteiger partial charge is 0.292 e. The van der Waals surface area contributed by atoms with Gasteiger partial charge in [-0.2, -0.15) is 9.78 Å². The highest BCUT2D eigenvalue weighted by Gasteiger charge is 2.23. The van der Waals surface area contributed by atoms with E-state index in [0.717, 1.165) is 21.6 Å². The summed E-state index contributed by atoms with van der Waals surface area (Å²) in [4.78, 5) is 12.8. The summed E-state index contributed by atoms with van der Waals surface area (Å²) in [5.41, 5.74) is 11.3. The first kappa shape index (κ1) is 22.7. The molecule has 5 rings (SSSR count). The zero-order chi connectivity index (χ0) is 25.1. The minimum Gasteiger partial charge on any atom is -0.489 e. The number of nitrogen functional groups attached to an aromatic ring is 1. The van der Waals surface area contributed by atoms with Crippen LogP contribution in [0.25, 0.3) is 16.6 Å². The lowest BCUT2D eigenvalue weighted by Gasteiger charge is -2.10. The number of benzene rings is 3. The highest BCUT2D eigenvalue weighted by molar-refractivity contribution is 6.01. The number of rotatable bonds is 7. The van der Waals surface area contributed by atoms with Crippen LogP contribution < -0.4 is 15.9 Å². The number of nitrogens with two attached hydrogens (primary N) is 1. The van der Waals surface area contributed by atoms with E-state index in [9.17, 15) is 4.79 Å². The van der Waals surface area contributed by atoms with Gasteiger partial charge in [0.25, 0.3) is 5.91 Å². The Morgan fingerprint density at radius 1 is 1.08 bits per heavy atom. The minimum atomic E-state index is -0.533. The Bertz CT molecular complexity index is 1560. The number of ether oxygens (including phenoxy) is 1. The van der Waals surface area contributed by atoms with Gasteiger partial charge in [0, 0.05) is 0 Å². The van der Waals surface area contributed by atoms with E-state index in [0.29, 0.717) is 18.0 Å². The van der Waals surface area contributed by atoms with Gasteiger partial charge in [0.15, 0.2) is 5.69 Å². The lowest BCUT2D eigenvalue weighted by Crippen LogP contribution is -2.24. The SMILES string of the molecule is CC(=NNC(=O)c1c(C)nnn1-c1nonc1N)c1ccc(OCc2cccc3ccccc23)cc1. The Labute approximate surface area is 205 Å². The Morgan fingerprint density at radius 2 is 1.86 bits per heavy atom. The molecule has 2 aromatic heterocycles. The Morgan fingerprint density at radius 3 is 2.64 bits per heavy atom. The first-order chi connectivity index (χ1) is 17.5. The summed E-state index contributed by atoms with van der Waals surface area (Å²) in [6.45, 7) is 3.88. The molecule has 0 aliphatic carbocycles. The summed E-state index contributed by atoms with van der Waals surface area (Å²) < 4.78 is 11.7. The molecule has 0 radical (unpaired) electrons. The molecule has 0 atom stereocenters. The van der Waals surface area contributed by atoms with Crippen LogP contribution >= 0.6 is 0 Å². The summed E-state index contributed by atoms with van der Waals surface area (Å²) in [5.74, 6) is 0.249. The van der Waals surface area contributed by atoms with Crippen molar-refractivity contribution in [2.24, 2.45) is 5.10 Å². The third-order valence-electron chi connectivity index (χ3n) is 5.62. The van der Waals surface area contributed by atoms with E-state index >= 15 is 0 Å². The van der Waals surface area contributed by atoms with Crippen LogP contribution in [-0.2, 0) is 6.61 Å². The van der Waals surface area contributed by atoms with Crippen LogP contribution in [0, 0.1) is 6.92 Å². The van der Waals surface area contributed by atoms with Crippen molar-refractivity contribution in [2.75, 3.05) is 5.73 Å². The summed E-state index contributed by atoms with van der Waals surface area (Å²) in [6.07, 6.45) is 0. The van der Waals surface area contributed by atoms with Crippen LogP contribution in [0.5, 0.6) is 5.75 Å². The third-order valence-corrected chi connectivity index (χ3v) is 5.62. The standard InChI is InChI=1S/C25H22N8O3/c1-15(27-29-25(34)22-16(2)28-32-33(22)24-23(26)30-36-31-24)17-10-12-20(13-11-17)35-14-19-8-5-7-18-6-3-4-9-21(18)19/h3-13H,14H2,1-2H3,(H2,26,30)(H,29,34). The lowest BCUT2D eigenvalue weighted by atomic mass is 10.1. The zero-order valence-corrected chi connectivity index (χ0v) is 19.5. The fourth-order valence-electron chi connectivity index (χ4n) is 3.73. The van der Waals surface area contributed by atoms with E-state index in [2.05, 4.69) is 60.0 Å². The molecule has 180 valence electrons. The molecule has 3 aromatic carbocycles. The average Bonchev–Trinajstić information content (AvgIpc) is 3.50. The predicted octanol–water partition coefficient (Wildman–Crippen LogP) is 3.43. The van der Waals surface area contributed by atoms with Gasteiger partial charge in [-0.25, -0.2) is 10.1 Å². The molecule has 0 fully saturated rings. The molecule has 0 spiro atoms. The van der Waals surface area contributed by atoms with Gasteiger partial charge in [0.1, 0.15) is 12.4 Å². The van der Waals surface area contributed by atoms with E-state index in [1.165, 1.54) is 10.8 Å². The van der Waals surface area contributed by atoms with Crippen molar-refractivity contribution in [3.63, 3.8) is 0 Å². The maximum Gasteiger partial charge on any atom is 0.292 e. The molecule has 1 amide bonds. The Hall–Kier alpha value is -5.06.